The summed E-state index contributed by atoms with van der Waals surface area (Å²) >= 11 is 0. The Labute approximate surface area is 192 Å². The van der Waals surface area contributed by atoms with Gasteiger partial charge in [-0.3, -0.25) is 14.8 Å². The number of hydrogen-bond acceptors (Lipinski definition) is 6. The summed E-state index contributed by atoms with van der Waals surface area (Å²) in [5.41, 5.74) is 4.20. The Morgan fingerprint density at radius 2 is 2.00 bits per heavy atom. The number of carbonyl (C=O) groups is 1. The zero-order valence-corrected chi connectivity index (χ0v) is 19.4. The average Bonchev–Trinajstić information content (AvgIpc) is 3.31. The Morgan fingerprint density at radius 3 is 2.82 bits per heavy atom. The fourth-order valence-corrected chi connectivity index (χ4v) is 4.82. The molecule has 33 heavy (non-hydrogen) atoms. The fraction of sp³-hybridized carbons (Fsp3) is 0.360. The van der Waals surface area contributed by atoms with Crippen molar-refractivity contribution in [3.8, 4) is 0 Å². The maximum atomic E-state index is 13.1. The van der Waals surface area contributed by atoms with Gasteiger partial charge in [0.2, 0.25) is 0 Å². The number of pyridine rings is 2. The van der Waals surface area contributed by atoms with Crippen molar-refractivity contribution in [1.82, 2.24) is 24.4 Å². The van der Waals surface area contributed by atoms with Gasteiger partial charge in [-0.2, -0.15) is 0 Å². The molecule has 1 saturated heterocycles. The van der Waals surface area contributed by atoms with Crippen LogP contribution in [-0.2, 0) is 7.05 Å². The molecular formula is C25H28N6O2. The third kappa shape index (κ3) is 3.80. The normalized spacial score (nSPS) is 18.4. The molecule has 1 aliphatic rings. The van der Waals surface area contributed by atoms with E-state index in [1.54, 1.807) is 18.1 Å². The van der Waals surface area contributed by atoms with E-state index < -0.39 is 5.60 Å². The number of nitrogens with zero attached hydrogens (tertiary/aromatic N) is 6. The second-order valence-corrected chi connectivity index (χ2v) is 9.15. The number of likely N-dealkylation sites (N-methyl/N-ethyl adjacent to an activating group) is 1. The molecule has 1 fully saturated rings. The van der Waals surface area contributed by atoms with Crippen molar-refractivity contribution in [1.29, 1.82) is 0 Å². The summed E-state index contributed by atoms with van der Waals surface area (Å²) in [5, 5.41) is 12.3. The van der Waals surface area contributed by atoms with E-state index in [9.17, 15) is 9.90 Å². The van der Waals surface area contributed by atoms with Crippen LogP contribution in [-0.4, -0.2) is 67.7 Å². The summed E-state index contributed by atoms with van der Waals surface area (Å²) in [6.45, 7) is 5.31. The number of anilines is 1. The molecule has 1 N–H and O–H groups in total. The molecule has 0 saturated carbocycles. The van der Waals surface area contributed by atoms with Crippen LogP contribution in [0.25, 0.3) is 21.9 Å². The van der Waals surface area contributed by atoms with Gasteiger partial charge in [0, 0.05) is 61.9 Å². The van der Waals surface area contributed by atoms with Gasteiger partial charge in [-0.05, 0) is 50.6 Å². The van der Waals surface area contributed by atoms with Crippen LogP contribution in [0.15, 0.2) is 42.7 Å². The van der Waals surface area contributed by atoms with Gasteiger partial charge in [0.25, 0.3) is 5.91 Å². The molecule has 8 heteroatoms. The van der Waals surface area contributed by atoms with Crippen LogP contribution in [0, 0.1) is 13.8 Å². The molecule has 0 radical (unpaired) electrons. The molecule has 170 valence electrons. The Kier molecular flexibility index (Phi) is 5.05. The van der Waals surface area contributed by atoms with Gasteiger partial charge >= 0.3 is 0 Å². The lowest BCUT2D eigenvalue weighted by Gasteiger charge is -2.29. The molecule has 0 unspecified atom stereocenters. The lowest BCUT2D eigenvalue weighted by atomic mass is 10.0. The molecule has 8 nitrogen and oxygen atoms in total. The fourth-order valence-electron chi connectivity index (χ4n) is 4.82. The van der Waals surface area contributed by atoms with Crippen LogP contribution >= 0.6 is 0 Å². The number of aryl methyl sites for hydroxylation is 3. The standard InChI is InChI=1S/C25H28N6O2/c1-16-11-23(19-13-26-9-7-20(19)27-16)31-10-8-25(33,15-31)14-29(3)24(32)18-5-6-22-21(12-18)28-17(2)30(22)4/h5-7,9,11-13,33H,8,10,14-15H2,1-4H3/t25-/m0/s1. The highest BCUT2D eigenvalue weighted by molar-refractivity contribution is 5.97. The van der Waals surface area contributed by atoms with Crippen LogP contribution in [0.3, 0.4) is 0 Å². The summed E-state index contributed by atoms with van der Waals surface area (Å²) in [4.78, 5) is 30.3. The molecule has 1 atom stereocenters. The summed E-state index contributed by atoms with van der Waals surface area (Å²) in [7, 11) is 3.70. The van der Waals surface area contributed by atoms with Gasteiger partial charge in [-0.15, -0.1) is 0 Å². The monoisotopic (exact) mass is 444 g/mol. The Hall–Kier alpha value is -3.52. The molecule has 1 aromatic carbocycles. The van der Waals surface area contributed by atoms with E-state index in [-0.39, 0.29) is 12.5 Å². The van der Waals surface area contributed by atoms with Crippen molar-refractivity contribution in [2.24, 2.45) is 7.05 Å². The van der Waals surface area contributed by atoms with Crippen LogP contribution in [0.4, 0.5) is 5.69 Å². The van der Waals surface area contributed by atoms with Crippen molar-refractivity contribution in [3.63, 3.8) is 0 Å². The van der Waals surface area contributed by atoms with Crippen LogP contribution in [0.2, 0.25) is 0 Å². The van der Waals surface area contributed by atoms with Crippen molar-refractivity contribution in [2.45, 2.75) is 25.9 Å². The second kappa shape index (κ2) is 7.81. The van der Waals surface area contributed by atoms with E-state index >= 15 is 0 Å². The van der Waals surface area contributed by atoms with E-state index in [1.807, 2.05) is 62.0 Å². The van der Waals surface area contributed by atoms with Crippen LogP contribution in [0.5, 0.6) is 0 Å². The molecule has 0 aliphatic carbocycles. The molecule has 0 bridgehead atoms. The van der Waals surface area contributed by atoms with Crippen molar-refractivity contribution >= 4 is 33.5 Å². The summed E-state index contributed by atoms with van der Waals surface area (Å²) < 4.78 is 2.00. The number of hydrogen-bond donors (Lipinski definition) is 1. The number of aromatic nitrogens is 4. The lowest BCUT2D eigenvalue weighted by molar-refractivity contribution is 0.0265. The first-order chi connectivity index (χ1) is 15.7. The first kappa shape index (κ1) is 21.3. The number of aliphatic hydroxyl groups is 1. The summed E-state index contributed by atoms with van der Waals surface area (Å²) in [5.74, 6) is 0.777. The van der Waals surface area contributed by atoms with Crippen LogP contribution in [0.1, 0.15) is 28.3 Å². The zero-order chi connectivity index (χ0) is 23.3. The van der Waals surface area contributed by atoms with E-state index in [4.69, 9.17) is 0 Å². The first-order valence-corrected chi connectivity index (χ1v) is 11.1. The quantitative estimate of drug-likeness (QED) is 0.521. The number of amides is 1. The number of rotatable bonds is 4. The van der Waals surface area contributed by atoms with E-state index in [2.05, 4.69) is 19.9 Å². The van der Waals surface area contributed by atoms with Gasteiger partial charge in [0.15, 0.2) is 0 Å². The van der Waals surface area contributed by atoms with E-state index in [1.165, 1.54) is 0 Å². The summed E-state index contributed by atoms with van der Waals surface area (Å²) in [6, 6.07) is 9.51. The van der Waals surface area contributed by atoms with Gasteiger partial charge < -0.3 is 19.5 Å². The number of β-amino-alcohol motifs (C(OH)–C–C–N with tert-alkyl or cyclic N) is 1. The predicted octanol–water partition coefficient (Wildman–Crippen LogP) is 2.85. The number of benzene rings is 1. The molecular weight excluding hydrogens is 416 g/mol. The van der Waals surface area contributed by atoms with Crippen LogP contribution < -0.4 is 4.90 Å². The maximum absolute atomic E-state index is 13.1. The number of carbonyl (C=O) groups excluding carboxylic acids is 1. The van der Waals surface area contributed by atoms with E-state index in [0.717, 1.165) is 39.1 Å². The minimum absolute atomic E-state index is 0.124. The highest BCUT2D eigenvalue weighted by Crippen LogP contribution is 2.32. The molecule has 3 aromatic heterocycles. The number of fused-ring (bicyclic) bond motifs is 2. The average molecular weight is 445 g/mol. The minimum atomic E-state index is -0.998. The maximum Gasteiger partial charge on any atom is 0.253 e. The smallest absolute Gasteiger partial charge is 0.253 e. The van der Waals surface area contributed by atoms with Crippen molar-refractivity contribution in [3.05, 3.63) is 59.8 Å². The van der Waals surface area contributed by atoms with Gasteiger partial charge in [-0.1, -0.05) is 0 Å². The molecule has 1 aliphatic heterocycles. The predicted molar refractivity (Wildman–Crippen MR) is 128 cm³/mol. The van der Waals surface area contributed by atoms with Crippen molar-refractivity contribution in [2.75, 3.05) is 31.6 Å². The molecule has 5 rings (SSSR count). The van der Waals surface area contributed by atoms with Crippen molar-refractivity contribution < 1.29 is 9.90 Å². The molecule has 4 aromatic rings. The van der Waals surface area contributed by atoms with Gasteiger partial charge in [-0.25, -0.2) is 4.98 Å². The topological polar surface area (TPSA) is 87.4 Å². The highest BCUT2D eigenvalue weighted by atomic mass is 16.3. The molecule has 1 amide bonds. The molecule has 4 heterocycles. The highest BCUT2D eigenvalue weighted by Gasteiger charge is 2.38. The van der Waals surface area contributed by atoms with Gasteiger partial charge in [0.1, 0.15) is 11.4 Å². The number of imidazole rings is 1. The minimum Gasteiger partial charge on any atom is -0.386 e. The lowest BCUT2D eigenvalue weighted by Crippen LogP contribution is -2.45. The third-order valence-corrected chi connectivity index (χ3v) is 6.62. The van der Waals surface area contributed by atoms with Gasteiger partial charge in [0.05, 0.1) is 23.1 Å². The Morgan fingerprint density at radius 1 is 1.18 bits per heavy atom. The Balaban J connectivity index is 1.34. The Bertz CT molecular complexity index is 1380. The summed E-state index contributed by atoms with van der Waals surface area (Å²) in [6.07, 6.45) is 4.13. The van der Waals surface area contributed by atoms with E-state index in [0.29, 0.717) is 25.1 Å². The first-order valence-electron chi connectivity index (χ1n) is 11.1. The second-order valence-electron chi connectivity index (χ2n) is 9.15. The third-order valence-electron chi connectivity index (χ3n) is 6.62. The SMILES string of the molecule is Cc1cc(N2CC[C@](O)(CN(C)C(=O)c3ccc4c(c3)nc(C)n4C)C2)c2cnccc2n1. The largest absolute Gasteiger partial charge is 0.386 e. The molecule has 0 spiro atoms. The zero-order valence-electron chi connectivity index (χ0n) is 19.4.